The molecule has 0 bridgehead atoms. The molecule has 0 aliphatic carbocycles. The second-order valence-corrected chi connectivity index (χ2v) is 7.28. The molecule has 0 saturated heterocycles. The molecule has 0 aliphatic heterocycles. The summed E-state index contributed by atoms with van der Waals surface area (Å²) in [5, 5.41) is 3.07. The van der Waals surface area contributed by atoms with Gasteiger partial charge in [-0.2, -0.15) is 0 Å². The summed E-state index contributed by atoms with van der Waals surface area (Å²) in [6, 6.07) is 2.03. The predicted molar refractivity (Wildman–Crippen MR) is 86.2 cm³/mol. The second-order valence-electron chi connectivity index (χ2n) is 4.62. The van der Waals surface area contributed by atoms with Gasteiger partial charge in [-0.05, 0) is 44.5 Å². The van der Waals surface area contributed by atoms with Gasteiger partial charge in [0, 0.05) is 0 Å². The van der Waals surface area contributed by atoms with Gasteiger partial charge in [0.05, 0.1) is 21.5 Å². The molecular weight excluding hydrogens is 338 g/mol. The first-order valence-electron chi connectivity index (χ1n) is 6.71. The van der Waals surface area contributed by atoms with E-state index >= 15 is 0 Å². The number of sulfonamides is 1. The van der Waals surface area contributed by atoms with Gasteiger partial charge >= 0.3 is 0 Å². The molecule has 1 aromatic carbocycles. The number of rotatable bonds is 9. The van der Waals surface area contributed by atoms with Crippen LogP contribution in [0.1, 0.15) is 26.2 Å². The molecule has 0 heterocycles. The van der Waals surface area contributed by atoms with Crippen molar-refractivity contribution < 1.29 is 12.8 Å². The zero-order valence-corrected chi connectivity index (χ0v) is 14.1. The number of benzene rings is 1. The van der Waals surface area contributed by atoms with Crippen molar-refractivity contribution in [1.82, 2.24) is 5.32 Å². The summed E-state index contributed by atoms with van der Waals surface area (Å²) < 4.78 is 39.2. The lowest BCUT2D eigenvalue weighted by Crippen LogP contribution is -2.20. The van der Waals surface area contributed by atoms with Crippen LogP contribution in [-0.4, -0.2) is 27.3 Å². The number of hydrogen-bond acceptors (Lipinski definition) is 3. The van der Waals surface area contributed by atoms with Gasteiger partial charge in [-0.25, -0.2) is 12.8 Å². The molecule has 4 nitrogen and oxygen atoms in total. The summed E-state index contributed by atoms with van der Waals surface area (Å²) in [5.74, 6) is -0.653. The molecular formula is C13H19Cl2FN2O2S. The van der Waals surface area contributed by atoms with Crippen molar-refractivity contribution in [3.63, 3.8) is 0 Å². The van der Waals surface area contributed by atoms with Crippen molar-refractivity contribution in [2.45, 2.75) is 26.2 Å². The van der Waals surface area contributed by atoms with Crippen molar-refractivity contribution >= 4 is 38.9 Å². The molecule has 0 radical (unpaired) electrons. The lowest BCUT2D eigenvalue weighted by Gasteiger charge is -2.11. The van der Waals surface area contributed by atoms with Crippen LogP contribution in [0.2, 0.25) is 10.0 Å². The van der Waals surface area contributed by atoms with Crippen molar-refractivity contribution in [3.8, 4) is 0 Å². The first-order valence-corrected chi connectivity index (χ1v) is 9.12. The molecule has 1 rings (SSSR count). The SMILES string of the molecule is CCCNCCCCS(=O)(=O)Nc1c(Cl)cc(F)cc1Cl. The second kappa shape index (κ2) is 8.78. The van der Waals surface area contributed by atoms with Gasteiger partial charge in [0.15, 0.2) is 0 Å². The molecule has 1 aromatic rings. The first-order chi connectivity index (χ1) is 9.85. The van der Waals surface area contributed by atoms with E-state index in [4.69, 9.17) is 23.2 Å². The average molecular weight is 357 g/mol. The molecule has 0 aromatic heterocycles. The third kappa shape index (κ3) is 6.82. The van der Waals surface area contributed by atoms with Gasteiger partial charge in [-0.1, -0.05) is 30.1 Å². The molecule has 2 N–H and O–H groups in total. The molecule has 120 valence electrons. The fraction of sp³-hybridized carbons (Fsp3) is 0.538. The summed E-state index contributed by atoms with van der Waals surface area (Å²) in [7, 11) is -3.55. The minimum atomic E-state index is -3.55. The molecule has 0 saturated carbocycles. The summed E-state index contributed by atoms with van der Waals surface area (Å²) in [6.07, 6.45) is 2.32. The van der Waals surface area contributed by atoms with Crippen LogP contribution in [0.4, 0.5) is 10.1 Å². The van der Waals surface area contributed by atoms with Gasteiger partial charge < -0.3 is 5.32 Å². The zero-order chi connectivity index (χ0) is 15.9. The van der Waals surface area contributed by atoms with E-state index in [0.29, 0.717) is 6.42 Å². The molecule has 0 aliphatic rings. The van der Waals surface area contributed by atoms with Crippen molar-refractivity contribution in [1.29, 1.82) is 0 Å². The standard InChI is InChI=1S/C13H19Cl2FN2O2S/c1-2-5-17-6-3-4-7-21(19,20)18-13-11(14)8-10(16)9-12(13)15/h8-9,17-18H,2-7H2,1H3. The smallest absolute Gasteiger partial charge is 0.232 e. The van der Waals surface area contributed by atoms with E-state index in [9.17, 15) is 12.8 Å². The van der Waals surface area contributed by atoms with Gasteiger partial charge in [-0.15, -0.1) is 0 Å². The van der Waals surface area contributed by atoms with Crippen LogP contribution >= 0.6 is 23.2 Å². The Morgan fingerprint density at radius 3 is 2.33 bits per heavy atom. The van der Waals surface area contributed by atoms with Crippen LogP contribution < -0.4 is 10.0 Å². The van der Waals surface area contributed by atoms with E-state index in [1.54, 1.807) is 0 Å². The number of hydrogen-bond donors (Lipinski definition) is 2. The third-order valence-electron chi connectivity index (χ3n) is 2.71. The van der Waals surface area contributed by atoms with E-state index in [0.717, 1.165) is 38.1 Å². The Kier molecular flexibility index (Phi) is 7.73. The quantitative estimate of drug-likeness (QED) is 0.663. The Labute approximate surface area is 135 Å². The minimum Gasteiger partial charge on any atom is -0.317 e. The van der Waals surface area contributed by atoms with Gasteiger partial charge in [0.2, 0.25) is 10.0 Å². The van der Waals surface area contributed by atoms with Gasteiger partial charge in [0.1, 0.15) is 5.82 Å². The van der Waals surface area contributed by atoms with E-state index in [1.807, 2.05) is 0 Å². The average Bonchev–Trinajstić information content (AvgIpc) is 2.38. The maximum Gasteiger partial charge on any atom is 0.232 e. The van der Waals surface area contributed by atoms with Gasteiger partial charge in [0.25, 0.3) is 0 Å². The lowest BCUT2D eigenvalue weighted by molar-refractivity contribution is 0.590. The Bertz CT molecular complexity index is 544. The Hall–Kier alpha value is -0.560. The summed E-state index contributed by atoms with van der Waals surface area (Å²) in [5.41, 5.74) is 0.0174. The molecule has 0 spiro atoms. The maximum absolute atomic E-state index is 13.0. The first kappa shape index (κ1) is 18.5. The van der Waals surface area contributed by atoms with Gasteiger partial charge in [-0.3, -0.25) is 4.72 Å². The van der Waals surface area contributed by atoms with Crippen molar-refractivity contribution in [3.05, 3.63) is 28.0 Å². The van der Waals surface area contributed by atoms with E-state index < -0.39 is 15.8 Å². The van der Waals surface area contributed by atoms with Crippen molar-refractivity contribution in [2.24, 2.45) is 0 Å². The van der Waals surface area contributed by atoms with Crippen LogP contribution in [0, 0.1) is 5.82 Å². The number of anilines is 1. The van der Waals surface area contributed by atoms with Crippen LogP contribution in [0.25, 0.3) is 0 Å². The molecule has 0 atom stereocenters. The largest absolute Gasteiger partial charge is 0.317 e. The highest BCUT2D eigenvalue weighted by Gasteiger charge is 2.16. The van der Waals surface area contributed by atoms with E-state index in [2.05, 4.69) is 17.0 Å². The highest BCUT2D eigenvalue weighted by atomic mass is 35.5. The van der Waals surface area contributed by atoms with Crippen LogP contribution in [0.3, 0.4) is 0 Å². The summed E-state index contributed by atoms with van der Waals surface area (Å²) >= 11 is 11.6. The number of nitrogens with one attached hydrogen (secondary N) is 2. The Morgan fingerprint density at radius 1 is 1.14 bits per heavy atom. The highest BCUT2D eigenvalue weighted by molar-refractivity contribution is 7.92. The normalized spacial score (nSPS) is 11.6. The van der Waals surface area contributed by atoms with E-state index in [1.165, 1.54) is 0 Å². The summed E-state index contributed by atoms with van der Waals surface area (Å²) in [4.78, 5) is 0. The zero-order valence-electron chi connectivity index (χ0n) is 11.8. The molecule has 8 heteroatoms. The molecule has 0 unspecified atom stereocenters. The monoisotopic (exact) mass is 356 g/mol. The lowest BCUT2D eigenvalue weighted by atomic mass is 10.3. The maximum atomic E-state index is 13.0. The third-order valence-corrected chi connectivity index (χ3v) is 4.65. The van der Waals surface area contributed by atoms with Crippen LogP contribution in [-0.2, 0) is 10.0 Å². The Balaban J connectivity index is 2.53. The van der Waals surface area contributed by atoms with Crippen LogP contribution in [0.5, 0.6) is 0 Å². The number of unbranched alkanes of at least 4 members (excludes halogenated alkanes) is 1. The number of halogens is 3. The van der Waals surface area contributed by atoms with Crippen LogP contribution in [0.15, 0.2) is 12.1 Å². The summed E-state index contributed by atoms with van der Waals surface area (Å²) in [6.45, 7) is 3.77. The fourth-order valence-electron chi connectivity index (χ4n) is 1.69. The Morgan fingerprint density at radius 2 is 1.76 bits per heavy atom. The fourth-order valence-corrected chi connectivity index (χ4v) is 3.57. The van der Waals surface area contributed by atoms with Crippen molar-refractivity contribution in [2.75, 3.05) is 23.6 Å². The minimum absolute atomic E-state index is 0.0174. The molecule has 0 amide bonds. The molecule has 0 fully saturated rings. The highest BCUT2D eigenvalue weighted by Crippen LogP contribution is 2.32. The topological polar surface area (TPSA) is 58.2 Å². The van der Waals surface area contributed by atoms with E-state index in [-0.39, 0.29) is 21.5 Å². The molecule has 21 heavy (non-hydrogen) atoms. The predicted octanol–water partition coefficient (Wildman–Crippen LogP) is 3.65.